The molecule has 3 aromatic rings. The number of ether oxygens (including phenoxy) is 1. The van der Waals surface area contributed by atoms with Crippen LogP contribution in [0.2, 0.25) is 10.0 Å². The van der Waals surface area contributed by atoms with Crippen LogP contribution in [0.1, 0.15) is 49.2 Å². The van der Waals surface area contributed by atoms with Crippen molar-refractivity contribution in [3.05, 3.63) is 69.5 Å². The van der Waals surface area contributed by atoms with Crippen LogP contribution in [0.5, 0.6) is 0 Å². The molecule has 0 bridgehead atoms. The summed E-state index contributed by atoms with van der Waals surface area (Å²) in [5, 5.41) is 10.9. The molecular formula is C23H22Cl2N4O2S. The Labute approximate surface area is 201 Å². The summed E-state index contributed by atoms with van der Waals surface area (Å²) in [4.78, 5) is 17.0. The first kappa shape index (κ1) is 22.8. The van der Waals surface area contributed by atoms with Crippen LogP contribution in [0, 0.1) is 0 Å². The van der Waals surface area contributed by atoms with Crippen molar-refractivity contribution in [2.45, 2.75) is 37.4 Å². The van der Waals surface area contributed by atoms with Crippen LogP contribution in [0.4, 0.5) is 0 Å². The van der Waals surface area contributed by atoms with Gasteiger partial charge in [0.2, 0.25) is 0 Å². The Bertz CT molecular complexity index is 1180. The summed E-state index contributed by atoms with van der Waals surface area (Å²) >= 11 is 14.6. The molecule has 0 N–H and O–H groups in total. The number of halogens is 2. The van der Waals surface area contributed by atoms with Crippen LogP contribution in [0.25, 0.3) is 5.69 Å². The number of fused-ring (bicyclic) bond motifs is 3. The number of carbonyl (C=O) groups excluding carboxylic acids is 1. The molecule has 1 aliphatic heterocycles. The van der Waals surface area contributed by atoms with Crippen molar-refractivity contribution in [3.8, 4) is 5.69 Å². The zero-order valence-electron chi connectivity index (χ0n) is 17.7. The first-order chi connectivity index (χ1) is 15.5. The van der Waals surface area contributed by atoms with Crippen LogP contribution in [-0.4, -0.2) is 39.3 Å². The number of rotatable bonds is 7. The van der Waals surface area contributed by atoms with E-state index in [2.05, 4.69) is 17.1 Å². The monoisotopic (exact) mass is 488 g/mol. The Balaban J connectivity index is 1.94. The molecule has 0 saturated carbocycles. The number of hydrogen-bond donors (Lipinski definition) is 0. The maximum absolute atomic E-state index is 11.9. The second kappa shape index (κ2) is 10.1. The Kier molecular flexibility index (Phi) is 7.18. The molecule has 0 spiro atoms. The van der Waals surface area contributed by atoms with Crippen LogP contribution in [0.3, 0.4) is 0 Å². The van der Waals surface area contributed by atoms with Crippen molar-refractivity contribution in [2.24, 2.45) is 4.99 Å². The Morgan fingerprint density at radius 3 is 2.72 bits per heavy atom. The summed E-state index contributed by atoms with van der Waals surface area (Å²) < 4.78 is 6.88. The van der Waals surface area contributed by atoms with Gasteiger partial charge < -0.3 is 4.74 Å². The highest BCUT2D eigenvalue weighted by Gasteiger charge is 2.30. The third kappa shape index (κ3) is 4.56. The average molecular weight is 489 g/mol. The first-order valence-corrected chi connectivity index (χ1v) is 12.1. The molecule has 6 nitrogen and oxygen atoms in total. The minimum Gasteiger partial charge on any atom is -0.469 e. The molecular weight excluding hydrogens is 467 g/mol. The number of aromatic nitrogens is 3. The predicted molar refractivity (Wildman–Crippen MR) is 128 cm³/mol. The van der Waals surface area contributed by atoms with Gasteiger partial charge in [-0.2, -0.15) is 0 Å². The molecule has 0 unspecified atom stereocenters. The van der Waals surface area contributed by atoms with Crippen LogP contribution < -0.4 is 0 Å². The summed E-state index contributed by atoms with van der Waals surface area (Å²) in [5.41, 5.74) is 3.22. The highest BCUT2D eigenvalue weighted by molar-refractivity contribution is 7.99. The van der Waals surface area contributed by atoms with Gasteiger partial charge in [0, 0.05) is 33.3 Å². The predicted octanol–water partition coefficient (Wildman–Crippen LogP) is 5.92. The third-order valence-electron chi connectivity index (χ3n) is 5.11. The van der Waals surface area contributed by atoms with Crippen molar-refractivity contribution in [3.63, 3.8) is 0 Å². The van der Waals surface area contributed by atoms with Gasteiger partial charge in [-0.3, -0.25) is 14.4 Å². The molecule has 0 fully saturated rings. The quantitative estimate of drug-likeness (QED) is 0.304. The molecule has 1 aromatic heterocycles. The van der Waals surface area contributed by atoms with Crippen molar-refractivity contribution < 1.29 is 9.53 Å². The van der Waals surface area contributed by atoms with Crippen molar-refractivity contribution in [1.82, 2.24) is 14.8 Å². The van der Waals surface area contributed by atoms with Gasteiger partial charge in [-0.05, 0) is 37.1 Å². The summed E-state index contributed by atoms with van der Waals surface area (Å²) in [6.07, 6.45) is 1.65. The smallest absolute Gasteiger partial charge is 0.305 e. The van der Waals surface area contributed by atoms with E-state index < -0.39 is 6.04 Å². The summed E-state index contributed by atoms with van der Waals surface area (Å²) in [5.74, 6) is 1.29. The van der Waals surface area contributed by atoms with Gasteiger partial charge in [0.1, 0.15) is 6.04 Å². The largest absolute Gasteiger partial charge is 0.469 e. The zero-order valence-corrected chi connectivity index (χ0v) is 20.0. The Morgan fingerprint density at radius 1 is 1.16 bits per heavy atom. The van der Waals surface area contributed by atoms with Crippen molar-refractivity contribution in [1.29, 1.82) is 0 Å². The zero-order chi connectivity index (χ0) is 22.7. The second-order valence-electron chi connectivity index (χ2n) is 7.27. The fraction of sp³-hybridized carbons (Fsp3) is 0.304. The van der Waals surface area contributed by atoms with Gasteiger partial charge in [-0.15, -0.1) is 10.2 Å². The summed E-state index contributed by atoms with van der Waals surface area (Å²) in [6.45, 7) is 2.12. The molecule has 166 valence electrons. The lowest BCUT2D eigenvalue weighted by molar-refractivity contribution is -0.140. The number of methoxy groups -OCH3 is 1. The molecule has 4 rings (SSSR count). The molecule has 1 aliphatic rings. The molecule has 2 heterocycles. The van der Waals surface area contributed by atoms with E-state index in [0.29, 0.717) is 28.0 Å². The summed E-state index contributed by atoms with van der Waals surface area (Å²) in [7, 11) is 1.38. The molecule has 2 aromatic carbocycles. The van der Waals surface area contributed by atoms with Gasteiger partial charge >= 0.3 is 5.97 Å². The third-order valence-corrected chi connectivity index (χ3v) is 6.81. The maximum Gasteiger partial charge on any atom is 0.305 e. The molecule has 9 heteroatoms. The first-order valence-electron chi connectivity index (χ1n) is 10.3. The number of hydrogen-bond acceptors (Lipinski definition) is 6. The van der Waals surface area contributed by atoms with Crippen LogP contribution >= 0.6 is 35.0 Å². The number of esters is 1. The number of nitrogens with zero attached hydrogens (tertiary/aromatic N) is 4. The number of benzene rings is 2. The van der Waals surface area contributed by atoms with Crippen molar-refractivity contribution in [2.75, 3.05) is 12.9 Å². The summed E-state index contributed by atoms with van der Waals surface area (Å²) in [6, 6.07) is 12.8. The van der Waals surface area contributed by atoms with E-state index in [0.717, 1.165) is 34.1 Å². The molecule has 0 amide bonds. The second-order valence-corrected chi connectivity index (χ2v) is 9.18. The Morgan fingerprint density at radius 2 is 1.97 bits per heavy atom. The minimum atomic E-state index is -0.407. The van der Waals surface area contributed by atoms with E-state index in [-0.39, 0.29) is 12.4 Å². The topological polar surface area (TPSA) is 69.4 Å². The molecule has 0 aliphatic carbocycles. The SMILES string of the molecule is CCCSc1nnc2n1-c1ccc(Cl)cc1C(c1ccccc1Cl)=N[C@H]2CCC(=O)OC. The lowest BCUT2D eigenvalue weighted by Crippen LogP contribution is -2.09. The Hall–Kier alpha value is -2.35. The van der Waals surface area contributed by atoms with Crippen molar-refractivity contribution >= 4 is 46.6 Å². The highest BCUT2D eigenvalue weighted by atomic mass is 35.5. The molecule has 0 radical (unpaired) electrons. The maximum atomic E-state index is 11.9. The number of carbonyl (C=O) groups is 1. The van der Waals surface area contributed by atoms with Crippen LogP contribution in [0.15, 0.2) is 52.6 Å². The van der Waals surface area contributed by atoms with Gasteiger partial charge in [0.15, 0.2) is 11.0 Å². The van der Waals surface area contributed by atoms with E-state index in [4.69, 9.17) is 32.9 Å². The standard InChI is InChI=1S/C23H22Cl2N4O2S/c1-3-12-32-23-28-27-22-18(9-11-20(30)31-2)26-21(15-6-4-5-7-17(15)25)16-13-14(24)8-10-19(16)29(22)23/h4-8,10,13,18H,3,9,11-12H2,1-2H3/t18-/m0/s1. The van der Waals surface area contributed by atoms with Gasteiger partial charge in [0.05, 0.1) is 18.5 Å². The highest BCUT2D eigenvalue weighted by Crippen LogP contribution is 2.37. The van der Waals surface area contributed by atoms with E-state index in [1.54, 1.807) is 11.8 Å². The fourth-order valence-electron chi connectivity index (χ4n) is 3.60. The van der Waals surface area contributed by atoms with E-state index in [9.17, 15) is 4.79 Å². The molecule has 32 heavy (non-hydrogen) atoms. The van der Waals surface area contributed by atoms with E-state index >= 15 is 0 Å². The van der Waals surface area contributed by atoms with Gasteiger partial charge in [-0.25, -0.2) is 0 Å². The fourth-order valence-corrected chi connectivity index (χ4v) is 4.81. The number of thioether (sulfide) groups is 1. The molecule has 1 atom stereocenters. The van der Waals surface area contributed by atoms with Gasteiger partial charge in [-0.1, -0.05) is 60.1 Å². The minimum absolute atomic E-state index is 0.210. The lowest BCUT2D eigenvalue weighted by Gasteiger charge is -2.14. The number of aliphatic imine (C=N–C) groups is 1. The average Bonchev–Trinajstić information content (AvgIpc) is 3.16. The van der Waals surface area contributed by atoms with Crippen LogP contribution in [-0.2, 0) is 9.53 Å². The molecule has 0 saturated heterocycles. The normalized spacial score (nSPS) is 14.9. The van der Waals surface area contributed by atoms with E-state index in [1.807, 2.05) is 47.0 Å². The lowest BCUT2D eigenvalue weighted by atomic mass is 10.00. The van der Waals surface area contributed by atoms with E-state index in [1.165, 1.54) is 7.11 Å². The van der Waals surface area contributed by atoms with Gasteiger partial charge in [0.25, 0.3) is 0 Å².